The second-order valence-electron chi connectivity index (χ2n) is 5.28. The highest BCUT2D eigenvalue weighted by Gasteiger charge is 2.29. The topological polar surface area (TPSA) is 116 Å². The second kappa shape index (κ2) is 6.35. The summed E-state index contributed by atoms with van der Waals surface area (Å²) in [5.41, 5.74) is 7.05. The molecule has 1 amide bonds. The first-order chi connectivity index (χ1) is 10.3. The van der Waals surface area contributed by atoms with Gasteiger partial charge in [0, 0.05) is 11.7 Å². The van der Waals surface area contributed by atoms with E-state index in [4.69, 9.17) is 10.5 Å². The molecule has 2 rings (SSSR count). The first kappa shape index (κ1) is 16.3. The molecule has 1 saturated heterocycles. The number of esters is 1. The number of sulfone groups is 1. The number of nitrogen functional groups attached to an aromatic ring is 1. The number of carbonyl (C=O) groups excluding carboxylic acids is 2. The van der Waals surface area contributed by atoms with E-state index in [2.05, 4.69) is 5.32 Å². The Hall–Kier alpha value is -2.09. The number of ether oxygens (including phenoxy) is 1. The molecular formula is C14H18N2O5S. The molecule has 1 aliphatic heterocycles. The largest absolute Gasteiger partial charge is 0.452 e. The summed E-state index contributed by atoms with van der Waals surface area (Å²) < 4.78 is 27.5. The third kappa shape index (κ3) is 3.97. The summed E-state index contributed by atoms with van der Waals surface area (Å²) in [5.74, 6) is -1.22. The van der Waals surface area contributed by atoms with E-state index in [1.165, 1.54) is 6.07 Å². The number of hydrogen-bond donors (Lipinski definition) is 2. The fraction of sp³-hybridized carbons (Fsp3) is 0.429. The van der Waals surface area contributed by atoms with Crippen LogP contribution in [0.2, 0.25) is 0 Å². The Labute approximate surface area is 128 Å². The van der Waals surface area contributed by atoms with Crippen LogP contribution in [0.4, 0.5) is 5.69 Å². The molecule has 120 valence electrons. The van der Waals surface area contributed by atoms with Crippen LogP contribution < -0.4 is 11.1 Å². The third-order valence-corrected chi connectivity index (χ3v) is 5.24. The molecule has 0 aliphatic carbocycles. The Balaban J connectivity index is 1.86. The minimum atomic E-state index is -3.06. The number of aryl methyl sites for hydroxylation is 1. The third-order valence-electron chi connectivity index (χ3n) is 3.48. The Morgan fingerprint density at radius 3 is 2.77 bits per heavy atom. The molecule has 1 aliphatic rings. The Morgan fingerprint density at radius 2 is 2.14 bits per heavy atom. The number of nitrogens with one attached hydrogen (secondary N) is 1. The van der Waals surface area contributed by atoms with Crippen LogP contribution in [0.25, 0.3) is 0 Å². The molecule has 1 atom stereocenters. The summed E-state index contributed by atoms with van der Waals surface area (Å²) in [6.07, 6.45) is 0.382. The molecule has 0 saturated carbocycles. The molecule has 1 aromatic rings. The van der Waals surface area contributed by atoms with Crippen molar-refractivity contribution >= 4 is 27.4 Å². The molecule has 7 nitrogen and oxygen atoms in total. The maximum atomic E-state index is 11.9. The highest BCUT2D eigenvalue weighted by molar-refractivity contribution is 7.91. The van der Waals surface area contributed by atoms with Crippen LogP contribution in [-0.4, -0.2) is 44.4 Å². The Kier molecular flexibility index (Phi) is 4.70. The summed E-state index contributed by atoms with van der Waals surface area (Å²) in [4.78, 5) is 23.6. The van der Waals surface area contributed by atoms with Crippen LogP contribution in [-0.2, 0) is 19.4 Å². The minimum absolute atomic E-state index is 0.0670. The quantitative estimate of drug-likeness (QED) is 0.596. The lowest BCUT2D eigenvalue weighted by atomic mass is 10.1. The van der Waals surface area contributed by atoms with Gasteiger partial charge < -0.3 is 15.8 Å². The van der Waals surface area contributed by atoms with E-state index in [0.29, 0.717) is 12.1 Å². The number of carbonyl (C=O) groups is 2. The van der Waals surface area contributed by atoms with E-state index in [1.807, 2.05) is 0 Å². The summed E-state index contributed by atoms with van der Waals surface area (Å²) in [7, 11) is -3.06. The smallest absolute Gasteiger partial charge is 0.340 e. The predicted molar refractivity (Wildman–Crippen MR) is 81.1 cm³/mol. The fourth-order valence-corrected chi connectivity index (χ4v) is 3.92. The highest BCUT2D eigenvalue weighted by atomic mass is 32.2. The normalized spacial score (nSPS) is 19.6. The van der Waals surface area contributed by atoms with Gasteiger partial charge in [0.2, 0.25) is 0 Å². The zero-order valence-corrected chi connectivity index (χ0v) is 13.0. The number of benzene rings is 1. The first-order valence-corrected chi connectivity index (χ1v) is 8.62. The molecule has 0 bridgehead atoms. The van der Waals surface area contributed by atoms with Crippen molar-refractivity contribution < 1.29 is 22.7 Å². The van der Waals surface area contributed by atoms with Crippen molar-refractivity contribution in [2.75, 3.05) is 23.8 Å². The van der Waals surface area contributed by atoms with Crippen LogP contribution in [0.1, 0.15) is 22.3 Å². The molecule has 8 heteroatoms. The van der Waals surface area contributed by atoms with Crippen molar-refractivity contribution in [1.82, 2.24) is 5.32 Å². The van der Waals surface area contributed by atoms with Crippen LogP contribution >= 0.6 is 0 Å². The van der Waals surface area contributed by atoms with Gasteiger partial charge in [-0.15, -0.1) is 0 Å². The van der Waals surface area contributed by atoms with Crippen molar-refractivity contribution in [2.24, 2.45) is 0 Å². The van der Waals surface area contributed by atoms with Gasteiger partial charge in [-0.05, 0) is 25.0 Å². The fourth-order valence-electron chi connectivity index (χ4n) is 2.25. The van der Waals surface area contributed by atoms with Gasteiger partial charge in [0.1, 0.15) is 0 Å². The molecule has 22 heavy (non-hydrogen) atoms. The highest BCUT2D eigenvalue weighted by Crippen LogP contribution is 2.17. The van der Waals surface area contributed by atoms with E-state index in [0.717, 1.165) is 5.56 Å². The van der Waals surface area contributed by atoms with E-state index in [1.54, 1.807) is 19.1 Å². The minimum Gasteiger partial charge on any atom is -0.452 e. The summed E-state index contributed by atoms with van der Waals surface area (Å²) in [5, 5.41) is 2.54. The van der Waals surface area contributed by atoms with Crippen molar-refractivity contribution in [3.8, 4) is 0 Å². The van der Waals surface area contributed by atoms with Crippen molar-refractivity contribution in [3.63, 3.8) is 0 Å². The lowest BCUT2D eigenvalue weighted by Gasteiger charge is -2.12. The van der Waals surface area contributed by atoms with Gasteiger partial charge >= 0.3 is 5.97 Å². The molecule has 0 radical (unpaired) electrons. The number of hydrogen-bond acceptors (Lipinski definition) is 6. The summed E-state index contributed by atoms with van der Waals surface area (Å²) >= 11 is 0. The van der Waals surface area contributed by atoms with Gasteiger partial charge in [-0.2, -0.15) is 0 Å². The Bertz CT molecular complexity index is 699. The number of amides is 1. The summed E-state index contributed by atoms with van der Waals surface area (Å²) in [6, 6.07) is 4.54. The van der Waals surface area contributed by atoms with E-state index in [9.17, 15) is 18.0 Å². The number of rotatable bonds is 4. The SMILES string of the molecule is Cc1cccc(C(=O)OCC(=O)N[C@H]2CCS(=O)(=O)C2)c1N. The van der Waals surface area contributed by atoms with E-state index < -0.39 is 34.4 Å². The Morgan fingerprint density at radius 1 is 1.41 bits per heavy atom. The van der Waals surface area contributed by atoms with E-state index >= 15 is 0 Å². The maximum Gasteiger partial charge on any atom is 0.340 e. The van der Waals surface area contributed by atoms with Crippen molar-refractivity contribution in [2.45, 2.75) is 19.4 Å². The lowest BCUT2D eigenvalue weighted by Crippen LogP contribution is -2.38. The standard InChI is InChI=1S/C14H18N2O5S/c1-9-3-2-4-11(13(9)15)14(18)21-7-12(17)16-10-5-6-22(19,20)8-10/h2-4,10H,5-8,15H2,1H3,(H,16,17)/t10-/m0/s1. The average molecular weight is 326 g/mol. The lowest BCUT2D eigenvalue weighted by molar-refractivity contribution is -0.124. The van der Waals surface area contributed by atoms with Gasteiger partial charge in [-0.25, -0.2) is 13.2 Å². The summed E-state index contributed by atoms with van der Waals surface area (Å²) in [6.45, 7) is 1.29. The van der Waals surface area contributed by atoms with Crippen LogP contribution in [0.5, 0.6) is 0 Å². The van der Waals surface area contributed by atoms with Crippen LogP contribution in [0.3, 0.4) is 0 Å². The van der Waals surface area contributed by atoms with E-state index in [-0.39, 0.29) is 17.1 Å². The molecular weight excluding hydrogens is 308 g/mol. The van der Waals surface area contributed by atoms with Crippen LogP contribution in [0.15, 0.2) is 18.2 Å². The molecule has 3 N–H and O–H groups in total. The molecule has 0 aromatic heterocycles. The van der Waals surface area contributed by atoms with Crippen molar-refractivity contribution in [1.29, 1.82) is 0 Å². The molecule has 0 spiro atoms. The maximum absolute atomic E-state index is 11.9. The molecule has 0 unspecified atom stereocenters. The monoisotopic (exact) mass is 326 g/mol. The van der Waals surface area contributed by atoms with Crippen molar-refractivity contribution in [3.05, 3.63) is 29.3 Å². The number of nitrogens with two attached hydrogens (primary N) is 1. The molecule has 1 heterocycles. The zero-order chi connectivity index (χ0) is 16.3. The van der Waals surface area contributed by atoms with Crippen LogP contribution in [0, 0.1) is 6.92 Å². The predicted octanol–water partition coefficient (Wildman–Crippen LogP) is 0.0373. The number of anilines is 1. The zero-order valence-electron chi connectivity index (χ0n) is 12.2. The van der Waals surface area contributed by atoms with Gasteiger partial charge in [0.25, 0.3) is 5.91 Å². The first-order valence-electron chi connectivity index (χ1n) is 6.80. The average Bonchev–Trinajstić information content (AvgIpc) is 2.78. The van der Waals surface area contributed by atoms with Gasteiger partial charge in [0.05, 0.1) is 17.1 Å². The molecule has 1 aromatic carbocycles. The van der Waals surface area contributed by atoms with Gasteiger partial charge in [-0.3, -0.25) is 4.79 Å². The number of para-hydroxylation sites is 1. The second-order valence-corrected chi connectivity index (χ2v) is 7.51. The molecule has 1 fully saturated rings. The van der Waals surface area contributed by atoms with Gasteiger partial charge in [0.15, 0.2) is 16.4 Å². The van der Waals surface area contributed by atoms with Gasteiger partial charge in [-0.1, -0.05) is 12.1 Å².